The van der Waals surface area contributed by atoms with Crippen molar-refractivity contribution in [3.05, 3.63) is 28.9 Å². The first-order chi connectivity index (χ1) is 16.2. The lowest BCUT2D eigenvalue weighted by Gasteiger charge is -2.39. The van der Waals surface area contributed by atoms with Gasteiger partial charge in [0.05, 0.1) is 37.1 Å². The zero-order chi connectivity index (χ0) is 22.4. The Morgan fingerprint density at radius 3 is 2.73 bits per heavy atom. The van der Waals surface area contributed by atoms with E-state index in [-0.39, 0.29) is 12.7 Å². The number of anilines is 1. The highest BCUT2D eigenvalue weighted by atomic mass is 35.5. The van der Waals surface area contributed by atoms with Gasteiger partial charge in [-0.1, -0.05) is 23.7 Å². The van der Waals surface area contributed by atoms with Crippen molar-refractivity contribution in [2.75, 3.05) is 44.4 Å². The maximum absolute atomic E-state index is 10.1. The van der Waals surface area contributed by atoms with Gasteiger partial charge in [-0.05, 0) is 30.7 Å². The number of H-pyrrole nitrogens is 1. The second-order valence-electron chi connectivity index (χ2n) is 9.11. The molecule has 3 aliphatic heterocycles. The Hall–Kier alpha value is -2.46. The number of ether oxygens (including phenoxy) is 3. The normalized spacial score (nSPS) is 20.5. The van der Waals surface area contributed by atoms with Crippen LogP contribution in [0.2, 0.25) is 5.02 Å². The molecule has 2 aromatic heterocycles. The van der Waals surface area contributed by atoms with Gasteiger partial charge in [0, 0.05) is 25.3 Å². The van der Waals surface area contributed by atoms with E-state index in [1.165, 1.54) is 0 Å². The van der Waals surface area contributed by atoms with Gasteiger partial charge in [-0.2, -0.15) is 5.10 Å². The van der Waals surface area contributed by atoms with E-state index in [0.29, 0.717) is 57.8 Å². The van der Waals surface area contributed by atoms with Crippen molar-refractivity contribution in [2.45, 2.75) is 32.0 Å². The van der Waals surface area contributed by atoms with Gasteiger partial charge in [0.25, 0.3) is 0 Å². The second kappa shape index (κ2) is 8.39. The van der Waals surface area contributed by atoms with E-state index in [2.05, 4.69) is 15.1 Å². The van der Waals surface area contributed by atoms with E-state index in [1.54, 1.807) is 0 Å². The lowest BCUT2D eigenvalue weighted by atomic mass is 9.78. The zero-order valence-corrected chi connectivity index (χ0v) is 19.0. The fourth-order valence-corrected chi connectivity index (χ4v) is 5.17. The van der Waals surface area contributed by atoms with E-state index in [4.69, 9.17) is 35.8 Å². The molecule has 0 amide bonds. The predicted octanol–water partition coefficient (Wildman–Crippen LogP) is 2.95. The molecule has 3 fully saturated rings. The number of hydrogen-bond donors (Lipinski definition) is 2. The molecule has 1 spiro atoms. The monoisotopic (exact) mass is 471 g/mol. The van der Waals surface area contributed by atoms with Gasteiger partial charge >= 0.3 is 0 Å². The van der Waals surface area contributed by atoms with Crippen LogP contribution in [0.1, 0.15) is 25.0 Å². The molecule has 33 heavy (non-hydrogen) atoms. The number of hydrogen-bond acceptors (Lipinski definition) is 8. The summed E-state index contributed by atoms with van der Waals surface area (Å²) in [6.45, 7) is 4.35. The number of aliphatic hydroxyl groups excluding tert-OH is 1. The van der Waals surface area contributed by atoms with E-state index in [1.807, 2.05) is 18.2 Å². The smallest absolute Gasteiger partial charge is 0.202 e. The summed E-state index contributed by atoms with van der Waals surface area (Å²) in [5.74, 6) is 1.29. The van der Waals surface area contributed by atoms with Gasteiger partial charge in [0.1, 0.15) is 23.1 Å². The molecule has 0 atom stereocenters. The summed E-state index contributed by atoms with van der Waals surface area (Å²) in [6, 6.07) is 5.61. The van der Waals surface area contributed by atoms with E-state index >= 15 is 0 Å². The van der Waals surface area contributed by atoms with Crippen LogP contribution in [0, 0.1) is 5.41 Å². The van der Waals surface area contributed by atoms with Crippen LogP contribution >= 0.6 is 11.6 Å². The summed E-state index contributed by atoms with van der Waals surface area (Å²) >= 11 is 6.68. The second-order valence-corrected chi connectivity index (χ2v) is 9.49. The van der Waals surface area contributed by atoms with Gasteiger partial charge in [-0.25, -0.2) is 9.97 Å². The van der Waals surface area contributed by atoms with Crippen molar-refractivity contribution >= 4 is 28.6 Å². The Kier molecular flexibility index (Phi) is 5.37. The van der Waals surface area contributed by atoms with Crippen LogP contribution in [0.4, 0.5) is 5.82 Å². The molecule has 1 aromatic carbocycles. The largest absolute Gasteiger partial charge is 0.484 e. The molecule has 10 heteroatoms. The molecule has 0 aliphatic carbocycles. The molecule has 2 N–H and O–H groups in total. The Morgan fingerprint density at radius 2 is 2.03 bits per heavy atom. The summed E-state index contributed by atoms with van der Waals surface area (Å²) in [6.07, 6.45) is 3.24. The highest BCUT2D eigenvalue weighted by molar-refractivity contribution is 6.35. The summed E-state index contributed by atoms with van der Waals surface area (Å²) in [5, 5.41) is 18.0. The van der Waals surface area contributed by atoms with Crippen LogP contribution in [0.15, 0.2) is 18.2 Å². The average molecular weight is 472 g/mol. The molecule has 3 aliphatic rings. The molecule has 0 saturated carbocycles. The number of fused-ring (bicyclic) bond motifs is 1. The quantitative estimate of drug-likeness (QED) is 0.585. The number of aliphatic hydroxyl groups is 1. The van der Waals surface area contributed by atoms with Gasteiger partial charge in [0.2, 0.25) is 5.65 Å². The average Bonchev–Trinajstić information content (AvgIpc) is 3.44. The van der Waals surface area contributed by atoms with Gasteiger partial charge in [0.15, 0.2) is 5.82 Å². The van der Waals surface area contributed by atoms with Gasteiger partial charge < -0.3 is 24.2 Å². The number of nitrogens with zero attached hydrogens (tertiary/aromatic N) is 4. The molecule has 9 nitrogen and oxygen atoms in total. The lowest BCUT2D eigenvalue weighted by Crippen LogP contribution is -2.41. The first-order valence-corrected chi connectivity index (χ1v) is 11.8. The molecule has 174 valence electrons. The fraction of sp³-hybridized carbons (Fsp3) is 0.522. The summed E-state index contributed by atoms with van der Waals surface area (Å²) in [7, 11) is 0. The Bertz CT molecular complexity index is 1170. The highest BCUT2D eigenvalue weighted by Crippen LogP contribution is 2.41. The highest BCUT2D eigenvalue weighted by Gasteiger charge is 2.39. The Balaban J connectivity index is 1.32. The van der Waals surface area contributed by atoms with Crippen LogP contribution in [-0.2, 0) is 16.1 Å². The minimum absolute atomic E-state index is 0.0130. The molecule has 3 aromatic rings. The van der Waals surface area contributed by atoms with Crippen molar-refractivity contribution in [1.82, 2.24) is 20.2 Å². The molecular weight excluding hydrogens is 446 g/mol. The van der Waals surface area contributed by atoms with Crippen molar-refractivity contribution in [2.24, 2.45) is 5.41 Å². The number of nitrogens with one attached hydrogen (secondary N) is 1. The van der Waals surface area contributed by atoms with Crippen LogP contribution in [0.3, 0.4) is 0 Å². The molecule has 0 radical (unpaired) electrons. The lowest BCUT2D eigenvalue weighted by molar-refractivity contribution is -0.0796. The van der Waals surface area contributed by atoms with Crippen LogP contribution in [0.5, 0.6) is 5.75 Å². The molecular formula is C23H26ClN5O4. The number of rotatable bonds is 5. The SMILES string of the molecule is OCc1nc2c(-c3cccc(OC4COC4)c3Cl)[nH]nc2nc1N1CCC2(CCOC2)CC1. The van der Waals surface area contributed by atoms with Crippen LogP contribution in [-0.4, -0.2) is 70.9 Å². The summed E-state index contributed by atoms with van der Waals surface area (Å²) in [5.41, 5.74) is 3.29. The molecule has 6 rings (SSSR count). The number of aromatic nitrogens is 4. The van der Waals surface area contributed by atoms with Crippen molar-refractivity contribution < 1.29 is 19.3 Å². The van der Waals surface area contributed by atoms with Crippen LogP contribution < -0.4 is 9.64 Å². The van der Waals surface area contributed by atoms with Gasteiger partial charge in [-0.15, -0.1) is 0 Å². The van der Waals surface area contributed by atoms with E-state index < -0.39 is 0 Å². The number of benzene rings is 1. The van der Waals surface area contributed by atoms with Crippen molar-refractivity contribution in [1.29, 1.82) is 0 Å². The first kappa shape index (κ1) is 21.1. The maximum Gasteiger partial charge on any atom is 0.202 e. The first-order valence-electron chi connectivity index (χ1n) is 11.4. The minimum atomic E-state index is -0.202. The maximum atomic E-state index is 10.1. The Labute approximate surface area is 196 Å². The summed E-state index contributed by atoms with van der Waals surface area (Å²) < 4.78 is 16.8. The molecule has 0 unspecified atom stereocenters. The third-order valence-electron chi connectivity index (χ3n) is 7.03. The fourth-order valence-electron chi connectivity index (χ4n) is 4.90. The van der Waals surface area contributed by atoms with E-state index in [0.717, 1.165) is 51.1 Å². The molecule has 0 bridgehead atoms. The summed E-state index contributed by atoms with van der Waals surface area (Å²) in [4.78, 5) is 11.8. The van der Waals surface area contributed by atoms with Crippen molar-refractivity contribution in [3.63, 3.8) is 0 Å². The van der Waals surface area contributed by atoms with Crippen molar-refractivity contribution in [3.8, 4) is 17.0 Å². The molecule has 5 heterocycles. The number of aromatic amines is 1. The zero-order valence-electron chi connectivity index (χ0n) is 18.2. The van der Waals surface area contributed by atoms with Crippen LogP contribution in [0.25, 0.3) is 22.4 Å². The minimum Gasteiger partial charge on any atom is -0.484 e. The number of piperidine rings is 1. The standard InChI is InChI=1S/C23H26ClN5O4/c24-18-15(2-1-3-17(18)33-14-11-32-12-14)19-20-21(28-27-19)26-22(16(10-30)25-20)29-7-4-23(5-8-29)6-9-31-13-23/h1-3,14,30H,4-13H2,(H,26,27,28). The van der Waals surface area contributed by atoms with Gasteiger partial charge in [-0.3, -0.25) is 5.10 Å². The molecule has 3 saturated heterocycles. The third-order valence-corrected chi connectivity index (χ3v) is 7.42. The van der Waals surface area contributed by atoms with E-state index in [9.17, 15) is 5.11 Å². The topological polar surface area (TPSA) is 106 Å². The Morgan fingerprint density at radius 1 is 1.18 bits per heavy atom. The number of halogens is 1. The predicted molar refractivity (Wildman–Crippen MR) is 123 cm³/mol. The third kappa shape index (κ3) is 3.73.